The highest BCUT2D eigenvalue weighted by molar-refractivity contribution is 6.42. The van der Waals surface area contributed by atoms with Gasteiger partial charge in [-0.15, -0.1) is 0 Å². The Morgan fingerprint density at radius 3 is 2.30 bits per heavy atom. The highest BCUT2D eigenvalue weighted by atomic mass is 35.5. The molecule has 1 atom stereocenters. The summed E-state index contributed by atoms with van der Waals surface area (Å²) >= 11 is 12.3. The van der Waals surface area contributed by atoms with Crippen LogP contribution < -0.4 is 5.32 Å². The summed E-state index contributed by atoms with van der Waals surface area (Å²) in [5.74, 6) is 0.496. The third kappa shape index (κ3) is 3.76. The highest BCUT2D eigenvalue weighted by Crippen LogP contribution is 2.27. The zero-order valence-electron chi connectivity index (χ0n) is 11.7. The first-order chi connectivity index (χ1) is 9.59. The summed E-state index contributed by atoms with van der Waals surface area (Å²) in [6.45, 7) is 5.13. The topological polar surface area (TPSA) is 12.0 Å². The minimum atomic E-state index is 0.297. The first-order valence-electron chi connectivity index (χ1n) is 6.81. The second-order valence-corrected chi connectivity index (χ2v) is 6.01. The first-order valence-corrected chi connectivity index (χ1v) is 7.56. The van der Waals surface area contributed by atoms with Crippen molar-refractivity contribution in [3.63, 3.8) is 0 Å². The third-order valence-electron chi connectivity index (χ3n) is 3.37. The van der Waals surface area contributed by atoms with Crippen LogP contribution in [0.3, 0.4) is 0 Å². The average molecular weight is 308 g/mol. The maximum absolute atomic E-state index is 6.23. The zero-order valence-corrected chi connectivity index (χ0v) is 13.2. The third-order valence-corrected chi connectivity index (χ3v) is 4.23. The second kappa shape index (κ2) is 7.12. The van der Waals surface area contributed by atoms with Gasteiger partial charge in [0.15, 0.2) is 0 Å². The van der Waals surface area contributed by atoms with Crippen molar-refractivity contribution in [1.29, 1.82) is 0 Å². The average Bonchev–Trinajstić information content (AvgIpc) is 2.44. The van der Waals surface area contributed by atoms with Crippen LogP contribution in [0.5, 0.6) is 0 Å². The lowest BCUT2D eigenvalue weighted by Gasteiger charge is -2.23. The van der Waals surface area contributed by atoms with E-state index in [9.17, 15) is 0 Å². The Morgan fingerprint density at radius 2 is 1.65 bits per heavy atom. The van der Waals surface area contributed by atoms with E-state index in [1.54, 1.807) is 0 Å². The Balaban J connectivity index is 2.12. The van der Waals surface area contributed by atoms with E-state index < -0.39 is 0 Å². The molecule has 2 aromatic carbocycles. The van der Waals surface area contributed by atoms with Crippen molar-refractivity contribution < 1.29 is 0 Å². The van der Waals surface area contributed by atoms with Gasteiger partial charge in [0.2, 0.25) is 0 Å². The highest BCUT2D eigenvalue weighted by Gasteiger charge is 2.15. The molecule has 0 radical (unpaired) electrons. The van der Waals surface area contributed by atoms with E-state index in [-0.39, 0.29) is 0 Å². The molecule has 0 aromatic heterocycles. The van der Waals surface area contributed by atoms with Crippen LogP contribution >= 0.6 is 23.2 Å². The van der Waals surface area contributed by atoms with Crippen molar-refractivity contribution in [1.82, 2.24) is 5.32 Å². The summed E-state index contributed by atoms with van der Waals surface area (Å²) in [5.41, 5.74) is 2.32. The molecule has 1 N–H and O–H groups in total. The van der Waals surface area contributed by atoms with Gasteiger partial charge < -0.3 is 5.32 Å². The number of nitrogens with one attached hydrogen (secondary N) is 1. The molecule has 0 heterocycles. The van der Waals surface area contributed by atoms with Gasteiger partial charge in [0.25, 0.3) is 0 Å². The van der Waals surface area contributed by atoms with Gasteiger partial charge in [-0.1, -0.05) is 79.5 Å². The maximum Gasteiger partial charge on any atom is 0.0637 e. The Kier molecular flexibility index (Phi) is 5.47. The minimum absolute atomic E-state index is 0.297. The van der Waals surface area contributed by atoms with Crippen LogP contribution in [0, 0.1) is 5.92 Å². The fourth-order valence-corrected chi connectivity index (χ4v) is 2.69. The Morgan fingerprint density at radius 1 is 0.950 bits per heavy atom. The molecule has 0 saturated carbocycles. The van der Waals surface area contributed by atoms with E-state index in [4.69, 9.17) is 23.2 Å². The zero-order chi connectivity index (χ0) is 14.5. The maximum atomic E-state index is 6.23. The molecule has 2 aromatic rings. The number of benzene rings is 2. The molecule has 106 valence electrons. The molecule has 0 fully saturated rings. The molecule has 2 rings (SSSR count). The quantitative estimate of drug-likeness (QED) is 0.771. The van der Waals surface area contributed by atoms with Crippen LogP contribution in [0.15, 0.2) is 48.5 Å². The predicted molar refractivity (Wildman–Crippen MR) is 87.3 cm³/mol. The monoisotopic (exact) mass is 307 g/mol. The smallest absolute Gasteiger partial charge is 0.0637 e. The molecule has 1 nitrogen and oxygen atoms in total. The molecule has 3 heteroatoms. The predicted octanol–water partition coefficient (Wildman–Crippen LogP) is 5.48. The van der Waals surface area contributed by atoms with Gasteiger partial charge in [-0.25, -0.2) is 0 Å². The van der Waals surface area contributed by atoms with E-state index >= 15 is 0 Å². The molecule has 0 aliphatic carbocycles. The summed E-state index contributed by atoms with van der Waals surface area (Å²) in [4.78, 5) is 0. The first kappa shape index (κ1) is 15.4. The Labute approximate surface area is 130 Å². The van der Waals surface area contributed by atoms with Gasteiger partial charge in [-0.05, 0) is 23.1 Å². The molecular formula is C17H19Cl2N. The van der Waals surface area contributed by atoms with Crippen LogP contribution in [0.25, 0.3) is 0 Å². The fraction of sp³-hybridized carbons (Fsp3) is 0.294. The standard InChI is InChI=1S/C17H19Cl2N/c1-12(2)17(13-7-4-3-5-8-13)20-11-14-9-6-10-15(18)16(14)19/h3-10,12,17,20H,11H2,1-2H3. The normalized spacial score (nSPS) is 12.7. The van der Waals surface area contributed by atoms with Crippen LogP contribution in [-0.4, -0.2) is 0 Å². The Bertz CT molecular complexity index is 552. The lowest BCUT2D eigenvalue weighted by atomic mass is 9.96. The second-order valence-electron chi connectivity index (χ2n) is 5.23. The number of hydrogen-bond donors (Lipinski definition) is 1. The minimum Gasteiger partial charge on any atom is -0.306 e. The van der Waals surface area contributed by atoms with Crippen LogP contribution in [0.2, 0.25) is 10.0 Å². The molecule has 0 aliphatic rings. The number of halogens is 2. The van der Waals surface area contributed by atoms with Crippen molar-refractivity contribution in [3.05, 3.63) is 69.7 Å². The van der Waals surface area contributed by atoms with Gasteiger partial charge >= 0.3 is 0 Å². The molecule has 0 aliphatic heterocycles. The molecule has 0 saturated heterocycles. The molecule has 0 spiro atoms. The lowest BCUT2D eigenvalue weighted by molar-refractivity contribution is 0.410. The van der Waals surface area contributed by atoms with Crippen molar-refractivity contribution in [2.24, 2.45) is 5.92 Å². The summed E-state index contributed by atoms with van der Waals surface area (Å²) in [7, 11) is 0. The van der Waals surface area contributed by atoms with Gasteiger partial charge in [0, 0.05) is 12.6 Å². The lowest BCUT2D eigenvalue weighted by Crippen LogP contribution is -2.25. The van der Waals surface area contributed by atoms with Crippen molar-refractivity contribution >= 4 is 23.2 Å². The van der Waals surface area contributed by atoms with Gasteiger partial charge in [-0.2, -0.15) is 0 Å². The van der Waals surface area contributed by atoms with Crippen LogP contribution in [0.1, 0.15) is 31.0 Å². The fourth-order valence-electron chi connectivity index (χ4n) is 2.30. The summed E-state index contributed by atoms with van der Waals surface area (Å²) in [6.07, 6.45) is 0. The molecule has 0 amide bonds. The summed E-state index contributed by atoms with van der Waals surface area (Å²) in [6, 6.07) is 16.5. The Hall–Kier alpha value is -1.02. The van der Waals surface area contributed by atoms with E-state index in [2.05, 4.69) is 43.4 Å². The SMILES string of the molecule is CC(C)C(NCc1cccc(Cl)c1Cl)c1ccccc1. The van der Waals surface area contributed by atoms with Crippen LogP contribution in [-0.2, 0) is 6.54 Å². The van der Waals surface area contributed by atoms with Gasteiger partial charge in [0.05, 0.1) is 10.0 Å². The summed E-state index contributed by atoms with van der Waals surface area (Å²) in [5, 5.41) is 4.82. The number of hydrogen-bond acceptors (Lipinski definition) is 1. The number of rotatable bonds is 5. The molecule has 1 unspecified atom stereocenters. The van der Waals surface area contributed by atoms with Gasteiger partial charge in [0.1, 0.15) is 0 Å². The molecule has 20 heavy (non-hydrogen) atoms. The van der Waals surface area contributed by atoms with Crippen LogP contribution in [0.4, 0.5) is 0 Å². The van der Waals surface area contributed by atoms with E-state index in [1.807, 2.05) is 24.3 Å². The molecular weight excluding hydrogens is 289 g/mol. The van der Waals surface area contributed by atoms with Gasteiger partial charge in [-0.3, -0.25) is 0 Å². The van der Waals surface area contributed by atoms with E-state index in [0.717, 1.165) is 5.56 Å². The summed E-state index contributed by atoms with van der Waals surface area (Å²) < 4.78 is 0. The van der Waals surface area contributed by atoms with Crippen molar-refractivity contribution in [3.8, 4) is 0 Å². The largest absolute Gasteiger partial charge is 0.306 e. The van der Waals surface area contributed by atoms with Crippen molar-refractivity contribution in [2.75, 3.05) is 0 Å². The molecule has 0 bridgehead atoms. The van der Waals surface area contributed by atoms with E-state index in [0.29, 0.717) is 28.5 Å². The van der Waals surface area contributed by atoms with E-state index in [1.165, 1.54) is 5.56 Å². The van der Waals surface area contributed by atoms with Crippen molar-refractivity contribution in [2.45, 2.75) is 26.4 Å².